The molecule has 0 saturated carbocycles. The number of esters is 1. The van der Waals surface area contributed by atoms with Gasteiger partial charge in [0.2, 0.25) is 6.33 Å². The largest absolute Gasteiger partial charge is 0.507 e. The molecular weight excluding hydrogens is 460 g/mol. The fourth-order valence-corrected chi connectivity index (χ4v) is 4.74. The van der Waals surface area contributed by atoms with E-state index in [1.54, 1.807) is 20.8 Å². The van der Waals surface area contributed by atoms with E-state index in [2.05, 4.69) is 9.97 Å². The van der Waals surface area contributed by atoms with Crippen molar-refractivity contribution in [1.29, 1.82) is 0 Å². The lowest BCUT2D eigenvalue weighted by Gasteiger charge is -2.25. The molecule has 0 bridgehead atoms. The van der Waals surface area contributed by atoms with Crippen LogP contribution in [0.4, 0.5) is 0 Å². The molecule has 1 atom stereocenters. The number of H-pyrrole nitrogens is 2. The van der Waals surface area contributed by atoms with Gasteiger partial charge in [0.05, 0.1) is 24.8 Å². The number of carbonyl (C=O) groups is 3. The molecule has 3 heterocycles. The van der Waals surface area contributed by atoms with Crippen molar-refractivity contribution < 1.29 is 28.8 Å². The Labute approximate surface area is 209 Å². The SMILES string of the molecule is CCOC(=O)c1[nH]c(C)c(/C(O)=C2\C(=O)C(=O)N(CCC[n+]3cc[nH]c3)C2c2ccc(C)cc2)c1C. The second kappa shape index (κ2) is 10.2. The topological polar surface area (TPSA) is 119 Å². The van der Waals surface area contributed by atoms with E-state index < -0.39 is 23.7 Å². The minimum Gasteiger partial charge on any atom is -0.507 e. The van der Waals surface area contributed by atoms with Crippen LogP contribution >= 0.6 is 0 Å². The summed E-state index contributed by atoms with van der Waals surface area (Å²) in [7, 11) is 0. The van der Waals surface area contributed by atoms with Gasteiger partial charge in [-0.1, -0.05) is 29.8 Å². The lowest BCUT2D eigenvalue weighted by molar-refractivity contribution is -0.695. The third-order valence-corrected chi connectivity index (χ3v) is 6.50. The molecule has 0 radical (unpaired) electrons. The highest BCUT2D eigenvalue weighted by Crippen LogP contribution is 2.41. The number of aliphatic hydroxyl groups excluding tert-OH is 1. The van der Waals surface area contributed by atoms with Gasteiger partial charge in [-0.3, -0.25) is 14.6 Å². The number of ketones is 1. The van der Waals surface area contributed by atoms with Crippen molar-refractivity contribution in [3.05, 3.63) is 82.2 Å². The summed E-state index contributed by atoms with van der Waals surface area (Å²) in [5.41, 5.74) is 3.28. The lowest BCUT2D eigenvalue weighted by atomic mass is 9.93. The van der Waals surface area contributed by atoms with Crippen molar-refractivity contribution in [2.75, 3.05) is 13.2 Å². The number of rotatable bonds is 8. The number of hydrogen-bond donors (Lipinski definition) is 3. The summed E-state index contributed by atoms with van der Waals surface area (Å²) >= 11 is 0. The van der Waals surface area contributed by atoms with Crippen molar-refractivity contribution >= 4 is 23.4 Å². The summed E-state index contributed by atoms with van der Waals surface area (Å²) in [5, 5.41) is 11.5. The monoisotopic (exact) mass is 491 g/mol. The van der Waals surface area contributed by atoms with Gasteiger partial charge in [-0.15, -0.1) is 0 Å². The van der Waals surface area contributed by atoms with Crippen molar-refractivity contribution in [2.24, 2.45) is 0 Å². The molecule has 1 fully saturated rings. The highest BCUT2D eigenvalue weighted by molar-refractivity contribution is 6.46. The van der Waals surface area contributed by atoms with E-state index in [1.165, 1.54) is 4.90 Å². The Morgan fingerprint density at radius 2 is 1.89 bits per heavy atom. The van der Waals surface area contributed by atoms with Gasteiger partial charge in [-0.2, -0.15) is 0 Å². The number of aromatic nitrogens is 3. The zero-order chi connectivity index (χ0) is 26.0. The predicted molar refractivity (Wildman–Crippen MR) is 132 cm³/mol. The lowest BCUT2D eigenvalue weighted by Crippen LogP contribution is -2.36. The van der Waals surface area contributed by atoms with E-state index in [0.717, 1.165) is 11.1 Å². The maximum Gasteiger partial charge on any atom is 0.355 e. The number of carbonyl (C=O) groups excluding carboxylic acids is 3. The third-order valence-electron chi connectivity index (χ3n) is 6.50. The number of imidazole rings is 1. The van der Waals surface area contributed by atoms with Gasteiger partial charge in [0, 0.05) is 24.2 Å². The molecule has 0 aliphatic carbocycles. The molecular formula is C27H31N4O5+. The van der Waals surface area contributed by atoms with Gasteiger partial charge >= 0.3 is 5.97 Å². The first-order chi connectivity index (χ1) is 17.2. The quantitative estimate of drug-likeness (QED) is 0.147. The molecule has 1 aromatic carbocycles. The normalized spacial score (nSPS) is 17.1. The number of aliphatic hydroxyl groups is 1. The number of aromatic amines is 2. The first-order valence-electron chi connectivity index (χ1n) is 12.0. The number of hydrogen-bond acceptors (Lipinski definition) is 5. The second-order valence-electron chi connectivity index (χ2n) is 8.95. The van der Waals surface area contributed by atoms with Crippen LogP contribution in [0, 0.1) is 20.8 Å². The van der Waals surface area contributed by atoms with Crippen LogP contribution in [0.25, 0.3) is 5.76 Å². The fraction of sp³-hybridized carbons (Fsp3) is 0.333. The number of nitrogens with one attached hydrogen (secondary N) is 2. The average molecular weight is 492 g/mol. The number of nitrogens with zero attached hydrogens (tertiary/aromatic N) is 2. The van der Waals surface area contributed by atoms with Crippen LogP contribution in [-0.4, -0.2) is 50.8 Å². The van der Waals surface area contributed by atoms with E-state index in [0.29, 0.717) is 36.3 Å². The zero-order valence-electron chi connectivity index (χ0n) is 20.9. The molecule has 188 valence electrons. The molecule has 1 unspecified atom stereocenters. The molecule has 1 saturated heterocycles. The molecule has 2 aromatic heterocycles. The summed E-state index contributed by atoms with van der Waals surface area (Å²) in [4.78, 5) is 46.4. The van der Waals surface area contributed by atoms with E-state index in [9.17, 15) is 19.5 Å². The van der Waals surface area contributed by atoms with Crippen molar-refractivity contribution in [3.63, 3.8) is 0 Å². The number of ether oxygens (including phenoxy) is 1. The molecule has 9 heteroatoms. The highest BCUT2D eigenvalue weighted by Gasteiger charge is 2.46. The van der Waals surface area contributed by atoms with E-state index >= 15 is 0 Å². The Kier molecular flexibility index (Phi) is 7.10. The van der Waals surface area contributed by atoms with Gasteiger partial charge in [-0.25, -0.2) is 9.36 Å². The number of amides is 1. The molecule has 0 spiro atoms. The number of benzene rings is 1. The number of aryl methyl sites for hydroxylation is 3. The predicted octanol–water partition coefficient (Wildman–Crippen LogP) is 3.24. The van der Waals surface area contributed by atoms with Crippen LogP contribution < -0.4 is 4.57 Å². The van der Waals surface area contributed by atoms with Gasteiger partial charge in [-0.05, 0) is 38.8 Å². The summed E-state index contributed by atoms with van der Waals surface area (Å²) in [6, 6.07) is 6.82. The first-order valence-corrected chi connectivity index (χ1v) is 12.0. The maximum atomic E-state index is 13.3. The van der Waals surface area contributed by atoms with Gasteiger partial charge in [0.15, 0.2) is 0 Å². The smallest absolute Gasteiger partial charge is 0.355 e. The van der Waals surface area contributed by atoms with Crippen LogP contribution in [0.5, 0.6) is 0 Å². The molecule has 3 aromatic rings. The van der Waals surface area contributed by atoms with Gasteiger partial charge < -0.3 is 19.7 Å². The van der Waals surface area contributed by atoms with Crippen LogP contribution in [0.2, 0.25) is 0 Å². The zero-order valence-corrected chi connectivity index (χ0v) is 20.9. The number of Topliss-reactive ketones (excluding diaryl/α,β-unsaturated/α-hetero) is 1. The summed E-state index contributed by atoms with van der Waals surface area (Å²) in [5.74, 6) is -2.25. The van der Waals surface area contributed by atoms with Crippen LogP contribution in [0.3, 0.4) is 0 Å². The molecule has 1 aliphatic rings. The van der Waals surface area contributed by atoms with E-state index in [1.807, 2.05) is 54.5 Å². The Morgan fingerprint density at radius 1 is 1.17 bits per heavy atom. The summed E-state index contributed by atoms with van der Waals surface area (Å²) in [6.07, 6.45) is 6.14. The summed E-state index contributed by atoms with van der Waals surface area (Å²) < 4.78 is 7.07. The average Bonchev–Trinajstić information content (AvgIpc) is 3.53. The Balaban J connectivity index is 1.78. The van der Waals surface area contributed by atoms with Crippen LogP contribution in [0.15, 0.2) is 48.6 Å². The van der Waals surface area contributed by atoms with Crippen LogP contribution in [-0.2, 0) is 20.9 Å². The minimum absolute atomic E-state index is 0.0127. The Hall–Kier alpha value is -4.14. The van der Waals surface area contributed by atoms with E-state index in [4.69, 9.17) is 4.74 Å². The second-order valence-corrected chi connectivity index (χ2v) is 8.95. The molecule has 1 amide bonds. The molecule has 36 heavy (non-hydrogen) atoms. The summed E-state index contributed by atoms with van der Waals surface area (Å²) in [6.45, 7) is 8.24. The highest BCUT2D eigenvalue weighted by atomic mass is 16.5. The van der Waals surface area contributed by atoms with Crippen molar-refractivity contribution in [2.45, 2.75) is 46.7 Å². The maximum absolute atomic E-state index is 13.3. The Morgan fingerprint density at radius 3 is 2.53 bits per heavy atom. The molecule has 9 nitrogen and oxygen atoms in total. The van der Waals surface area contributed by atoms with Crippen LogP contribution in [0.1, 0.15) is 57.8 Å². The number of likely N-dealkylation sites (tertiary alicyclic amines) is 1. The molecule has 1 aliphatic heterocycles. The van der Waals surface area contributed by atoms with E-state index in [-0.39, 0.29) is 23.6 Å². The minimum atomic E-state index is -0.749. The molecule has 3 N–H and O–H groups in total. The third kappa shape index (κ3) is 4.56. The van der Waals surface area contributed by atoms with Crippen molar-refractivity contribution in [1.82, 2.24) is 14.9 Å². The Bertz CT molecular complexity index is 1320. The van der Waals surface area contributed by atoms with Gasteiger partial charge in [0.1, 0.15) is 23.8 Å². The first kappa shape index (κ1) is 25.0. The molecule has 4 rings (SSSR count). The van der Waals surface area contributed by atoms with Crippen molar-refractivity contribution in [3.8, 4) is 0 Å². The fourth-order valence-electron chi connectivity index (χ4n) is 4.74. The van der Waals surface area contributed by atoms with Gasteiger partial charge in [0.25, 0.3) is 11.7 Å². The standard InChI is InChI=1S/C27H30N4O5/c1-5-36-27(35)22-17(3)20(18(4)29-22)24(32)21-23(19-9-7-16(2)8-10-19)31(26(34)25(21)33)13-6-12-30-14-11-28-15-30/h7-11,14-15,23H,5-6,12-13H2,1-4H3,(H2,29,32,33,35)/p+1.